The maximum atomic E-state index is 6.68. The van der Waals surface area contributed by atoms with E-state index in [2.05, 4.69) is 206 Å². The number of hydrogen-bond acceptors (Lipinski definition) is 4. The van der Waals surface area contributed by atoms with Crippen LogP contribution in [0.15, 0.2) is 126 Å². The Labute approximate surface area is 409 Å². The van der Waals surface area contributed by atoms with Crippen LogP contribution in [0.4, 0.5) is 0 Å². The maximum Gasteiger partial charge on any atom is 0.216 e. The second-order valence-electron chi connectivity index (χ2n) is 20.7. The zero-order valence-corrected chi connectivity index (χ0v) is 45.5. The van der Waals surface area contributed by atoms with Gasteiger partial charge in [-0.2, -0.15) is 0 Å². The molecular formula is C59H64GeIrN4O-2. The van der Waals surface area contributed by atoms with Crippen LogP contribution in [0.25, 0.3) is 72.6 Å². The van der Waals surface area contributed by atoms with Crippen molar-refractivity contribution in [3.05, 3.63) is 162 Å². The fraction of sp³-hybridized carbons (Fsp3) is 0.305. The minimum Gasteiger partial charge on any atom is -0.486 e. The van der Waals surface area contributed by atoms with Gasteiger partial charge in [-0.25, -0.2) is 4.98 Å². The SMILES string of the molecule is CC(C)Cc1cc(-c2[c-]cccc2)nc[c]1[Ge]([CH3])([CH3])[CH3].Cc1c[c-]c(-c2nc3ccccc3n2-c2c(C(C)C)cc(-c3ccccc3)cc2C(C)C)c2oc3nc(C(C)(C)C)ccc3c12.[Ir]. The molecular weight excluding hydrogens is 1050 g/mol. The van der Waals surface area contributed by atoms with E-state index < -0.39 is 13.3 Å². The molecule has 1 radical (unpaired) electrons. The number of aryl methyl sites for hydroxylation is 1. The number of furan rings is 1. The predicted octanol–water partition coefficient (Wildman–Crippen LogP) is 15.6. The molecule has 0 amide bonds. The van der Waals surface area contributed by atoms with Crippen molar-refractivity contribution < 1.29 is 24.5 Å². The van der Waals surface area contributed by atoms with E-state index in [1.165, 1.54) is 33.5 Å². The van der Waals surface area contributed by atoms with Crippen LogP contribution in [0.3, 0.4) is 0 Å². The summed E-state index contributed by atoms with van der Waals surface area (Å²) < 4.78 is 10.6. The minimum atomic E-state index is -1.86. The third-order valence-electron chi connectivity index (χ3n) is 12.3. The number of para-hydroxylation sites is 2. The number of rotatable bonds is 9. The Morgan fingerprint density at radius 2 is 1.41 bits per heavy atom. The molecule has 5 nitrogen and oxygen atoms in total. The molecule has 341 valence electrons. The van der Waals surface area contributed by atoms with Crippen molar-refractivity contribution in [1.82, 2.24) is 19.5 Å². The number of nitrogens with zero attached hydrogens (tertiary/aromatic N) is 4. The molecule has 0 saturated heterocycles. The summed E-state index contributed by atoms with van der Waals surface area (Å²) in [5.41, 5.74) is 16.2. The van der Waals surface area contributed by atoms with Crippen molar-refractivity contribution in [1.29, 1.82) is 0 Å². The molecule has 9 rings (SSSR count). The van der Waals surface area contributed by atoms with E-state index >= 15 is 0 Å². The zero-order chi connectivity index (χ0) is 46.4. The van der Waals surface area contributed by atoms with Crippen LogP contribution in [0, 0.1) is 25.0 Å². The number of imidazole rings is 1. The Balaban J connectivity index is 0.000000260. The predicted molar refractivity (Wildman–Crippen MR) is 277 cm³/mol. The van der Waals surface area contributed by atoms with Crippen molar-refractivity contribution in [2.24, 2.45) is 5.92 Å². The monoisotopic (exact) mass is 1110 g/mol. The van der Waals surface area contributed by atoms with Crippen LogP contribution in [-0.4, -0.2) is 32.8 Å². The van der Waals surface area contributed by atoms with Gasteiger partial charge in [0.15, 0.2) is 0 Å². The molecule has 0 unspecified atom stereocenters. The second kappa shape index (κ2) is 19.6. The van der Waals surface area contributed by atoms with E-state index in [1.54, 1.807) is 4.40 Å². The van der Waals surface area contributed by atoms with Crippen LogP contribution < -0.4 is 4.40 Å². The van der Waals surface area contributed by atoms with Crippen LogP contribution in [-0.2, 0) is 31.9 Å². The quantitative estimate of drug-likeness (QED) is 0.107. The van der Waals surface area contributed by atoms with E-state index in [4.69, 9.17) is 19.4 Å². The average Bonchev–Trinajstić information content (AvgIpc) is 3.85. The molecule has 0 aliphatic heterocycles. The van der Waals surface area contributed by atoms with Crippen molar-refractivity contribution in [2.75, 3.05) is 0 Å². The van der Waals surface area contributed by atoms with E-state index in [1.807, 2.05) is 18.2 Å². The standard InChI is InChI=1S/C41H40N3O.C18H24GeN.Ir/c1-24(2)31-22-28(27-14-10-9-11-15-27)23-32(25(3)4)37(31)44-34-17-13-12-16-33(34)42-39(44)30-19-18-26(5)36-29-20-21-35(41(6,7)8)43-40(29)45-38(30)36;1-14(2)11-16-12-18(15-9-7-6-8-10-15)20-13-17(16)19(3,4)5;/h9-18,20-25H,1-8H3;6-9,12-14H,11H2,1-5H3;/q2*-1;. The molecule has 0 saturated carbocycles. The van der Waals surface area contributed by atoms with Crippen LogP contribution in [0.1, 0.15) is 102 Å². The Kier molecular flexibility index (Phi) is 14.5. The van der Waals surface area contributed by atoms with E-state index in [0.29, 0.717) is 11.6 Å². The molecule has 5 aromatic carbocycles. The number of hydrogen-bond donors (Lipinski definition) is 0. The second-order valence-corrected chi connectivity index (χ2v) is 31.3. The molecule has 0 aliphatic rings. The van der Waals surface area contributed by atoms with Gasteiger partial charge in [-0.1, -0.05) is 109 Å². The first-order valence-corrected chi connectivity index (χ1v) is 30.7. The summed E-state index contributed by atoms with van der Waals surface area (Å²) >= 11 is -1.86. The summed E-state index contributed by atoms with van der Waals surface area (Å²) in [6.07, 6.45) is 3.27. The summed E-state index contributed by atoms with van der Waals surface area (Å²) in [5.74, 6) is 9.38. The van der Waals surface area contributed by atoms with Gasteiger partial charge in [-0.05, 0) is 70.5 Å². The smallest absolute Gasteiger partial charge is 0.216 e. The zero-order valence-electron chi connectivity index (χ0n) is 41.0. The van der Waals surface area contributed by atoms with Crippen molar-refractivity contribution in [3.63, 3.8) is 0 Å². The van der Waals surface area contributed by atoms with Crippen molar-refractivity contribution in [3.8, 4) is 39.5 Å². The molecule has 0 fully saturated rings. The summed E-state index contributed by atoms with van der Waals surface area (Å²) in [7, 11) is 0. The minimum absolute atomic E-state index is 0. The Morgan fingerprint density at radius 1 is 0.742 bits per heavy atom. The van der Waals surface area contributed by atoms with Gasteiger partial charge in [0, 0.05) is 42.3 Å². The molecule has 0 bridgehead atoms. The Morgan fingerprint density at radius 3 is 2.03 bits per heavy atom. The normalized spacial score (nSPS) is 12.1. The van der Waals surface area contributed by atoms with Crippen molar-refractivity contribution >= 4 is 50.8 Å². The number of aromatic nitrogens is 4. The third-order valence-corrected chi connectivity index (χ3v) is 16.7. The number of fused-ring (bicyclic) bond motifs is 4. The van der Waals surface area contributed by atoms with Gasteiger partial charge in [-0.3, -0.25) is 4.98 Å². The summed E-state index contributed by atoms with van der Waals surface area (Å²) in [6.45, 7) is 22.4. The van der Waals surface area contributed by atoms with Gasteiger partial charge >= 0.3 is 126 Å². The largest absolute Gasteiger partial charge is 0.486 e. The first-order valence-electron chi connectivity index (χ1n) is 23.3. The topological polar surface area (TPSA) is 56.7 Å². The number of pyridine rings is 2. The number of benzene rings is 5. The van der Waals surface area contributed by atoms with Gasteiger partial charge in [0.2, 0.25) is 5.71 Å². The molecule has 0 N–H and O–H groups in total. The van der Waals surface area contributed by atoms with Gasteiger partial charge in [-0.15, -0.1) is 17.7 Å². The molecule has 0 spiro atoms. The van der Waals surface area contributed by atoms with E-state index in [0.717, 1.165) is 67.7 Å². The third kappa shape index (κ3) is 9.93. The van der Waals surface area contributed by atoms with Gasteiger partial charge in [0.05, 0.1) is 22.4 Å². The Bertz CT molecular complexity index is 3100. The van der Waals surface area contributed by atoms with E-state index in [-0.39, 0.29) is 37.4 Å². The van der Waals surface area contributed by atoms with Gasteiger partial charge < -0.3 is 8.98 Å². The van der Waals surface area contributed by atoms with Crippen LogP contribution >= 0.6 is 0 Å². The first-order chi connectivity index (χ1) is 30.9. The molecule has 66 heavy (non-hydrogen) atoms. The molecule has 0 atom stereocenters. The summed E-state index contributed by atoms with van der Waals surface area (Å²) in [4.78, 5) is 15.0. The molecule has 0 aliphatic carbocycles. The first kappa shape index (κ1) is 48.8. The van der Waals surface area contributed by atoms with Crippen LogP contribution in [0.5, 0.6) is 0 Å². The van der Waals surface area contributed by atoms with E-state index in [9.17, 15) is 0 Å². The van der Waals surface area contributed by atoms with Crippen LogP contribution in [0.2, 0.25) is 17.3 Å². The molecule has 9 aromatic rings. The molecule has 7 heteroatoms. The summed E-state index contributed by atoms with van der Waals surface area (Å²) in [6, 6.07) is 47.4. The van der Waals surface area contributed by atoms with Crippen molar-refractivity contribution in [2.45, 2.75) is 110 Å². The fourth-order valence-corrected chi connectivity index (χ4v) is 12.3. The maximum absolute atomic E-state index is 6.68. The fourth-order valence-electron chi connectivity index (χ4n) is 8.96. The van der Waals surface area contributed by atoms with Gasteiger partial charge in [0.1, 0.15) is 0 Å². The van der Waals surface area contributed by atoms with Gasteiger partial charge in [0.25, 0.3) is 0 Å². The molecule has 4 heterocycles. The average molecular weight is 1110 g/mol. The summed E-state index contributed by atoms with van der Waals surface area (Å²) in [5, 5.41) is 2.09. The Hall–Kier alpha value is -5.14. The molecule has 4 aromatic heterocycles.